The van der Waals surface area contributed by atoms with E-state index in [1.807, 2.05) is 24.3 Å². The lowest BCUT2D eigenvalue weighted by Crippen LogP contribution is -2.30. The van der Waals surface area contributed by atoms with E-state index in [-0.39, 0.29) is 12.4 Å². The fraction of sp³-hybridized carbons (Fsp3) is 0.667. The van der Waals surface area contributed by atoms with Crippen molar-refractivity contribution in [2.24, 2.45) is 0 Å². The van der Waals surface area contributed by atoms with E-state index in [2.05, 4.69) is 17.1 Å². The van der Waals surface area contributed by atoms with Crippen LogP contribution in [0.15, 0.2) is 24.3 Å². The molecule has 5 nitrogen and oxygen atoms in total. The van der Waals surface area contributed by atoms with Crippen LogP contribution in [0.25, 0.3) is 0 Å². The third-order valence-corrected chi connectivity index (χ3v) is 4.71. The number of carbonyl (C=O) groups is 1. The van der Waals surface area contributed by atoms with Gasteiger partial charge in [-0.1, -0.05) is 39.0 Å². The number of unbranched alkanes of at least 4 members (excludes halogenated alkanes) is 3. The number of amides is 1. The Morgan fingerprint density at radius 1 is 1.00 bits per heavy atom. The Labute approximate surface area is 170 Å². The number of carbonyl (C=O) groups excluding carboxylic acids is 1. The van der Waals surface area contributed by atoms with E-state index >= 15 is 0 Å². The largest absolute Gasteiger partial charge is 0.494 e. The Morgan fingerprint density at radius 2 is 1.70 bits per heavy atom. The standard InChI is InChI=1S/C21H34N2O3.ClH/c1-2-3-4-9-17-25-20-12-10-19(11-13-20)22-21(24)26-18-16-23-14-7-5-6-8-15-23;/h10-13H,2-9,14-18H2,1H3,(H,22,24);1H. The Kier molecular flexibility index (Phi) is 12.7. The molecule has 1 aromatic carbocycles. The van der Waals surface area contributed by atoms with Crippen molar-refractivity contribution in [3.63, 3.8) is 0 Å². The fourth-order valence-electron chi connectivity index (χ4n) is 3.13. The second-order valence-electron chi connectivity index (χ2n) is 6.95. The first kappa shape index (κ1) is 23.6. The third-order valence-electron chi connectivity index (χ3n) is 4.71. The van der Waals surface area contributed by atoms with Gasteiger partial charge >= 0.3 is 6.09 Å². The number of hydrogen-bond acceptors (Lipinski definition) is 4. The molecule has 0 saturated carbocycles. The molecule has 1 amide bonds. The first-order valence-corrected chi connectivity index (χ1v) is 10.2. The van der Waals surface area contributed by atoms with Gasteiger partial charge in [0.15, 0.2) is 0 Å². The van der Waals surface area contributed by atoms with Crippen molar-refractivity contribution in [2.45, 2.75) is 58.3 Å². The lowest BCUT2D eigenvalue weighted by molar-refractivity contribution is 0.140. The number of likely N-dealkylation sites (tertiary alicyclic amines) is 1. The number of hydrogen-bond donors (Lipinski definition) is 1. The van der Waals surface area contributed by atoms with Crippen LogP contribution in [0.3, 0.4) is 0 Å². The molecule has 0 unspecified atom stereocenters. The molecule has 0 atom stereocenters. The molecule has 0 aromatic heterocycles. The molecule has 1 fully saturated rings. The van der Waals surface area contributed by atoms with E-state index in [4.69, 9.17) is 9.47 Å². The summed E-state index contributed by atoms with van der Waals surface area (Å²) in [5, 5.41) is 2.77. The first-order chi connectivity index (χ1) is 12.8. The molecule has 0 bridgehead atoms. The van der Waals surface area contributed by atoms with Crippen molar-refractivity contribution in [2.75, 3.05) is 38.2 Å². The van der Waals surface area contributed by atoms with Crippen LogP contribution in [0.5, 0.6) is 5.75 Å². The predicted molar refractivity (Wildman–Crippen MR) is 113 cm³/mol. The van der Waals surface area contributed by atoms with E-state index in [9.17, 15) is 4.79 Å². The molecule has 0 spiro atoms. The van der Waals surface area contributed by atoms with E-state index in [1.54, 1.807) is 0 Å². The minimum absolute atomic E-state index is 0. The van der Waals surface area contributed by atoms with Gasteiger partial charge < -0.3 is 9.47 Å². The van der Waals surface area contributed by atoms with Crippen LogP contribution in [0.4, 0.5) is 10.5 Å². The maximum Gasteiger partial charge on any atom is 0.411 e. The summed E-state index contributed by atoms with van der Waals surface area (Å²) in [5.41, 5.74) is 0.725. The summed E-state index contributed by atoms with van der Waals surface area (Å²) in [6.45, 7) is 6.43. The van der Waals surface area contributed by atoms with Gasteiger partial charge in [0.05, 0.1) is 6.61 Å². The highest BCUT2D eigenvalue weighted by atomic mass is 35.5. The lowest BCUT2D eigenvalue weighted by atomic mass is 10.2. The molecule has 1 aliphatic heterocycles. The van der Waals surface area contributed by atoms with Crippen LogP contribution in [-0.2, 0) is 4.74 Å². The van der Waals surface area contributed by atoms with Crippen molar-refractivity contribution in [3.05, 3.63) is 24.3 Å². The molecular weight excluding hydrogens is 364 g/mol. The second-order valence-corrected chi connectivity index (χ2v) is 6.95. The molecule has 1 saturated heterocycles. The highest BCUT2D eigenvalue weighted by molar-refractivity contribution is 5.85. The number of benzene rings is 1. The lowest BCUT2D eigenvalue weighted by Gasteiger charge is -2.19. The minimum atomic E-state index is -0.395. The topological polar surface area (TPSA) is 50.8 Å². The molecule has 1 aromatic rings. The van der Waals surface area contributed by atoms with Gasteiger partial charge in [0.1, 0.15) is 12.4 Å². The molecule has 1 N–H and O–H groups in total. The monoisotopic (exact) mass is 398 g/mol. The Bertz CT molecular complexity index is 503. The molecule has 6 heteroatoms. The van der Waals surface area contributed by atoms with Gasteiger partial charge in [-0.25, -0.2) is 4.79 Å². The predicted octanol–water partition coefficient (Wildman–Crippen LogP) is 5.49. The Balaban J connectivity index is 0.00000364. The van der Waals surface area contributed by atoms with Crippen LogP contribution in [0, 0.1) is 0 Å². The van der Waals surface area contributed by atoms with E-state index in [1.165, 1.54) is 44.9 Å². The fourth-order valence-corrected chi connectivity index (χ4v) is 3.13. The average Bonchev–Trinajstić information content (AvgIpc) is 2.92. The van der Waals surface area contributed by atoms with Crippen molar-refractivity contribution in [1.82, 2.24) is 4.90 Å². The summed E-state index contributed by atoms with van der Waals surface area (Å²) in [6, 6.07) is 7.45. The van der Waals surface area contributed by atoms with Gasteiger partial charge in [0, 0.05) is 12.2 Å². The van der Waals surface area contributed by atoms with Crippen molar-refractivity contribution >= 4 is 24.2 Å². The van der Waals surface area contributed by atoms with Gasteiger partial charge in [-0.3, -0.25) is 10.2 Å². The zero-order valence-corrected chi connectivity index (χ0v) is 17.4. The number of ether oxygens (including phenoxy) is 2. The average molecular weight is 399 g/mol. The zero-order chi connectivity index (χ0) is 18.5. The summed E-state index contributed by atoms with van der Waals surface area (Å²) in [4.78, 5) is 14.3. The molecule has 1 aliphatic rings. The number of nitrogens with one attached hydrogen (secondary N) is 1. The molecular formula is C21H35ClN2O3. The molecule has 0 aliphatic carbocycles. The van der Waals surface area contributed by atoms with Gasteiger partial charge in [-0.2, -0.15) is 0 Å². The van der Waals surface area contributed by atoms with Gasteiger partial charge in [0.2, 0.25) is 0 Å². The maximum atomic E-state index is 11.9. The van der Waals surface area contributed by atoms with Gasteiger partial charge in [-0.15, -0.1) is 12.4 Å². The smallest absolute Gasteiger partial charge is 0.411 e. The minimum Gasteiger partial charge on any atom is -0.494 e. The van der Waals surface area contributed by atoms with Crippen LogP contribution in [0.1, 0.15) is 58.3 Å². The van der Waals surface area contributed by atoms with Crippen LogP contribution in [0.2, 0.25) is 0 Å². The second kappa shape index (κ2) is 14.6. The van der Waals surface area contributed by atoms with E-state index in [0.717, 1.165) is 44.1 Å². The number of halogens is 1. The summed E-state index contributed by atoms with van der Waals surface area (Å²) in [7, 11) is 0. The first-order valence-electron chi connectivity index (χ1n) is 10.2. The van der Waals surface area contributed by atoms with Crippen molar-refractivity contribution < 1.29 is 14.3 Å². The number of anilines is 1. The third kappa shape index (κ3) is 10.5. The molecule has 0 radical (unpaired) electrons. The molecule has 1 heterocycles. The zero-order valence-electron chi connectivity index (χ0n) is 16.6. The highest BCUT2D eigenvalue weighted by Gasteiger charge is 2.10. The SMILES string of the molecule is CCCCCCOc1ccc(NC(=O)OCCN2CCCCCC2)cc1.Cl. The van der Waals surface area contributed by atoms with E-state index in [0.29, 0.717) is 6.61 Å². The van der Waals surface area contributed by atoms with E-state index < -0.39 is 6.09 Å². The summed E-state index contributed by atoms with van der Waals surface area (Å²) in [5.74, 6) is 0.835. The van der Waals surface area contributed by atoms with Crippen molar-refractivity contribution in [1.29, 1.82) is 0 Å². The van der Waals surface area contributed by atoms with Crippen molar-refractivity contribution in [3.8, 4) is 5.75 Å². The van der Waals surface area contributed by atoms with Crippen LogP contribution in [-0.4, -0.2) is 43.8 Å². The van der Waals surface area contributed by atoms with Crippen LogP contribution >= 0.6 is 12.4 Å². The highest BCUT2D eigenvalue weighted by Crippen LogP contribution is 2.16. The summed E-state index contributed by atoms with van der Waals surface area (Å²) in [6.07, 6.45) is 9.51. The quantitative estimate of drug-likeness (QED) is 0.529. The molecule has 27 heavy (non-hydrogen) atoms. The summed E-state index contributed by atoms with van der Waals surface area (Å²) >= 11 is 0. The van der Waals surface area contributed by atoms with Crippen LogP contribution < -0.4 is 10.1 Å². The van der Waals surface area contributed by atoms with Gasteiger partial charge in [-0.05, 0) is 56.6 Å². The molecule has 2 rings (SSSR count). The Morgan fingerprint density at radius 3 is 2.37 bits per heavy atom. The van der Waals surface area contributed by atoms with Gasteiger partial charge in [0.25, 0.3) is 0 Å². The number of rotatable bonds is 10. The molecule has 154 valence electrons. The maximum absolute atomic E-state index is 11.9. The Hall–Kier alpha value is -1.46. The summed E-state index contributed by atoms with van der Waals surface area (Å²) < 4.78 is 11.0. The number of nitrogens with zero attached hydrogens (tertiary/aromatic N) is 1. The normalized spacial score (nSPS) is 14.7.